The molecule has 2 rings (SSSR count). The van der Waals surface area contributed by atoms with Gasteiger partial charge >= 0.3 is 0 Å². The van der Waals surface area contributed by atoms with Crippen molar-refractivity contribution in [2.45, 2.75) is 27.7 Å². The maximum absolute atomic E-state index is 6.15. The van der Waals surface area contributed by atoms with E-state index < -0.39 is 0 Å². The van der Waals surface area contributed by atoms with Gasteiger partial charge in [-0.15, -0.1) is 10.2 Å². The number of benzene rings is 1. The Morgan fingerprint density at radius 2 is 1.50 bits per heavy atom. The zero-order chi connectivity index (χ0) is 14.7. The summed E-state index contributed by atoms with van der Waals surface area (Å²) in [5.41, 5.74) is 0. The third-order valence-electron chi connectivity index (χ3n) is 3.09. The van der Waals surface area contributed by atoms with Gasteiger partial charge in [-0.1, -0.05) is 63.6 Å². The highest BCUT2D eigenvalue weighted by Gasteiger charge is 2.16. The molecule has 0 spiro atoms. The predicted octanol–water partition coefficient (Wildman–Crippen LogP) is 4.40. The second kappa shape index (κ2) is 6.40. The van der Waals surface area contributed by atoms with Crippen molar-refractivity contribution < 1.29 is 0 Å². The van der Waals surface area contributed by atoms with Gasteiger partial charge in [0.05, 0.1) is 0 Å². The van der Waals surface area contributed by atoms with Gasteiger partial charge in [-0.3, -0.25) is 0 Å². The summed E-state index contributed by atoms with van der Waals surface area (Å²) in [5, 5.41) is 11.0. The van der Waals surface area contributed by atoms with Crippen molar-refractivity contribution in [3.8, 4) is 0 Å². The van der Waals surface area contributed by atoms with Crippen molar-refractivity contribution in [2.24, 2.45) is 11.8 Å². The van der Waals surface area contributed by atoms with Crippen LogP contribution in [0, 0.1) is 11.8 Å². The van der Waals surface area contributed by atoms with Gasteiger partial charge in [-0.05, 0) is 11.8 Å². The van der Waals surface area contributed by atoms with Crippen molar-refractivity contribution in [1.82, 2.24) is 10.2 Å². The van der Waals surface area contributed by atoms with Crippen molar-refractivity contribution >= 4 is 28.2 Å². The first-order valence-electron chi connectivity index (χ1n) is 7.15. The fraction of sp³-hybridized carbons (Fsp3) is 0.500. The van der Waals surface area contributed by atoms with Gasteiger partial charge < -0.3 is 4.90 Å². The zero-order valence-corrected chi connectivity index (χ0v) is 13.4. The van der Waals surface area contributed by atoms with E-state index in [1.165, 1.54) is 0 Å². The number of hydrogen-bond acceptors (Lipinski definition) is 3. The lowest BCUT2D eigenvalue weighted by Crippen LogP contribution is -2.32. The van der Waals surface area contributed by atoms with Crippen LogP contribution in [0.25, 0.3) is 10.8 Å². The standard InChI is InChI=1S/C16H22ClN3/c1-11(2)9-20(10-12(3)4)16-14-8-6-5-7-13(14)15(17)18-19-16/h5-8,11-12H,9-10H2,1-4H3. The molecular weight excluding hydrogens is 270 g/mol. The maximum atomic E-state index is 6.15. The summed E-state index contributed by atoms with van der Waals surface area (Å²) >= 11 is 6.15. The first-order valence-corrected chi connectivity index (χ1v) is 7.52. The lowest BCUT2D eigenvalue weighted by Gasteiger charge is -2.28. The summed E-state index contributed by atoms with van der Waals surface area (Å²) in [6, 6.07) is 8.07. The van der Waals surface area contributed by atoms with Crippen LogP contribution in [0.5, 0.6) is 0 Å². The monoisotopic (exact) mass is 291 g/mol. The molecule has 0 N–H and O–H groups in total. The van der Waals surface area contributed by atoms with E-state index in [1.54, 1.807) is 0 Å². The zero-order valence-electron chi connectivity index (χ0n) is 12.6. The Bertz CT molecular complexity index is 571. The average Bonchev–Trinajstić information content (AvgIpc) is 2.37. The first kappa shape index (κ1) is 15.0. The summed E-state index contributed by atoms with van der Waals surface area (Å²) in [4.78, 5) is 2.32. The lowest BCUT2D eigenvalue weighted by atomic mass is 10.1. The molecular formula is C16H22ClN3. The van der Waals surface area contributed by atoms with Crippen LogP contribution >= 0.6 is 11.6 Å². The minimum absolute atomic E-state index is 0.471. The highest BCUT2D eigenvalue weighted by Crippen LogP contribution is 2.28. The fourth-order valence-electron chi connectivity index (χ4n) is 2.42. The van der Waals surface area contributed by atoms with Gasteiger partial charge in [0, 0.05) is 23.9 Å². The Morgan fingerprint density at radius 1 is 0.950 bits per heavy atom. The Labute approximate surface area is 126 Å². The van der Waals surface area contributed by atoms with E-state index in [-0.39, 0.29) is 0 Å². The molecule has 108 valence electrons. The second-order valence-electron chi connectivity index (χ2n) is 6.05. The number of nitrogens with zero attached hydrogens (tertiary/aromatic N) is 3. The molecule has 4 heteroatoms. The summed E-state index contributed by atoms with van der Waals surface area (Å²) in [7, 11) is 0. The van der Waals surface area contributed by atoms with E-state index in [2.05, 4.69) is 48.9 Å². The minimum atomic E-state index is 0.471. The Balaban J connectivity index is 2.50. The van der Waals surface area contributed by atoms with Gasteiger partial charge in [-0.25, -0.2) is 0 Å². The SMILES string of the molecule is CC(C)CN(CC(C)C)c1nnc(Cl)c2ccccc12. The first-order chi connectivity index (χ1) is 9.49. The molecule has 0 saturated carbocycles. The van der Waals surface area contributed by atoms with Crippen molar-refractivity contribution in [1.29, 1.82) is 0 Å². The number of rotatable bonds is 5. The van der Waals surface area contributed by atoms with E-state index in [9.17, 15) is 0 Å². The number of fused-ring (bicyclic) bond motifs is 1. The Hall–Kier alpha value is -1.35. The van der Waals surface area contributed by atoms with Gasteiger partial charge in [-0.2, -0.15) is 0 Å². The van der Waals surface area contributed by atoms with Gasteiger partial charge in [0.15, 0.2) is 11.0 Å². The van der Waals surface area contributed by atoms with E-state index in [1.807, 2.05) is 18.2 Å². The van der Waals surface area contributed by atoms with Crippen LogP contribution in [-0.4, -0.2) is 23.3 Å². The molecule has 2 aromatic rings. The molecule has 1 aromatic carbocycles. The highest BCUT2D eigenvalue weighted by atomic mass is 35.5. The number of anilines is 1. The highest BCUT2D eigenvalue weighted by molar-refractivity contribution is 6.34. The van der Waals surface area contributed by atoms with Crippen LogP contribution in [0.2, 0.25) is 5.15 Å². The predicted molar refractivity (Wildman–Crippen MR) is 86.4 cm³/mol. The van der Waals surface area contributed by atoms with Crippen LogP contribution in [0.15, 0.2) is 24.3 Å². The van der Waals surface area contributed by atoms with Crippen LogP contribution in [-0.2, 0) is 0 Å². The molecule has 1 aromatic heterocycles. The van der Waals surface area contributed by atoms with Crippen LogP contribution in [0.1, 0.15) is 27.7 Å². The van der Waals surface area contributed by atoms with Crippen LogP contribution in [0.3, 0.4) is 0 Å². The molecule has 0 aliphatic heterocycles. The normalized spacial score (nSPS) is 11.6. The van der Waals surface area contributed by atoms with Crippen LogP contribution < -0.4 is 4.90 Å². The number of halogens is 1. The molecule has 3 nitrogen and oxygen atoms in total. The summed E-state index contributed by atoms with van der Waals surface area (Å²) in [6.07, 6.45) is 0. The van der Waals surface area contributed by atoms with E-state index >= 15 is 0 Å². The molecule has 0 radical (unpaired) electrons. The Kier molecular flexibility index (Phi) is 4.81. The van der Waals surface area contributed by atoms with Crippen molar-refractivity contribution in [2.75, 3.05) is 18.0 Å². The molecule has 0 fully saturated rings. The minimum Gasteiger partial charge on any atom is -0.354 e. The largest absolute Gasteiger partial charge is 0.354 e. The third-order valence-corrected chi connectivity index (χ3v) is 3.37. The Morgan fingerprint density at radius 3 is 2.05 bits per heavy atom. The molecule has 20 heavy (non-hydrogen) atoms. The smallest absolute Gasteiger partial charge is 0.159 e. The number of hydrogen-bond donors (Lipinski definition) is 0. The fourth-order valence-corrected chi connectivity index (χ4v) is 2.62. The quantitative estimate of drug-likeness (QED) is 0.817. The molecule has 0 saturated heterocycles. The average molecular weight is 292 g/mol. The van der Waals surface area contributed by atoms with Crippen molar-refractivity contribution in [3.05, 3.63) is 29.4 Å². The van der Waals surface area contributed by atoms with Gasteiger partial charge in [0.25, 0.3) is 0 Å². The van der Waals surface area contributed by atoms with Gasteiger partial charge in [0.1, 0.15) is 0 Å². The molecule has 0 bridgehead atoms. The molecule has 0 aliphatic rings. The molecule has 0 aliphatic carbocycles. The topological polar surface area (TPSA) is 29.0 Å². The third kappa shape index (κ3) is 3.40. The van der Waals surface area contributed by atoms with E-state index in [4.69, 9.17) is 11.6 Å². The maximum Gasteiger partial charge on any atom is 0.159 e. The number of aromatic nitrogens is 2. The second-order valence-corrected chi connectivity index (χ2v) is 6.41. The summed E-state index contributed by atoms with van der Waals surface area (Å²) < 4.78 is 0. The molecule has 0 atom stereocenters. The molecule has 1 heterocycles. The van der Waals surface area contributed by atoms with E-state index in [0.717, 1.165) is 29.7 Å². The summed E-state index contributed by atoms with van der Waals surface area (Å²) in [5.74, 6) is 2.09. The van der Waals surface area contributed by atoms with Crippen molar-refractivity contribution in [3.63, 3.8) is 0 Å². The summed E-state index contributed by atoms with van der Waals surface area (Å²) in [6.45, 7) is 10.8. The molecule has 0 unspecified atom stereocenters. The molecule has 0 amide bonds. The van der Waals surface area contributed by atoms with Gasteiger partial charge in [0.2, 0.25) is 0 Å². The van der Waals surface area contributed by atoms with Crippen LogP contribution in [0.4, 0.5) is 5.82 Å². The van der Waals surface area contributed by atoms with E-state index in [0.29, 0.717) is 17.0 Å². The lowest BCUT2D eigenvalue weighted by molar-refractivity contribution is 0.548.